The summed E-state index contributed by atoms with van der Waals surface area (Å²) in [6, 6.07) is 12.3. The third-order valence-electron chi connectivity index (χ3n) is 2.83. The summed E-state index contributed by atoms with van der Waals surface area (Å²) in [7, 11) is 0. The molecule has 5 heteroatoms. The van der Waals surface area contributed by atoms with Gasteiger partial charge in [0.1, 0.15) is 17.9 Å². The van der Waals surface area contributed by atoms with E-state index >= 15 is 0 Å². The molecule has 0 fully saturated rings. The van der Waals surface area contributed by atoms with Crippen molar-refractivity contribution in [2.45, 2.75) is 6.42 Å². The molecule has 0 amide bonds. The molecule has 0 aliphatic heterocycles. The van der Waals surface area contributed by atoms with Crippen LogP contribution in [0.15, 0.2) is 48.7 Å². The average molecular weight is 287 g/mol. The molecular formula is C16H17NO4. The van der Waals surface area contributed by atoms with Gasteiger partial charge in [-0.15, -0.1) is 0 Å². The van der Waals surface area contributed by atoms with Crippen molar-refractivity contribution in [3.8, 4) is 5.75 Å². The van der Waals surface area contributed by atoms with Crippen LogP contribution in [0.2, 0.25) is 0 Å². The van der Waals surface area contributed by atoms with Crippen LogP contribution in [0.5, 0.6) is 5.75 Å². The maximum absolute atomic E-state index is 11.0. The van der Waals surface area contributed by atoms with Crippen LogP contribution in [-0.4, -0.2) is 35.9 Å². The van der Waals surface area contributed by atoms with Crippen LogP contribution in [0.4, 0.5) is 0 Å². The second-order valence-corrected chi connectivity index (χ2v) is 4.33. The number of nitrogens with zero attached hydrogens (tertiary/aromatic N) is 1. The standard InChI is InChI=1S/C16H17NO4/c18-16(19)14-6-1-2-7-15(14)21-12-11-20-10-8-13-5-3-4-9-17-13/h1-7,9H,8,10-12H2,(H,18,19). The van der Waals surface area contributed by atoms with Crippen LogP contribution in [-0.2, 0) is 11.2 Å². The lowest BCUT2D eigenvalue weighted by Crippen LogP contribution is -2.11. The van der Waals surface area contributed by atoms with E-state index in [1.54, 1.807) is 24.4 Å². The minimum atomic E-state index is -0.998. The Hall–Kier alpha value is -2.40. The highest BCUT2D eigenvalue weighted by molar-refractivity contribution is 5.90. The van der Waals surface area contributed by atoms with Crippen molar-refractivity contribution in [1.29, 1.82) is 0 Å². The van der Waals surface area contributed by atoms with Gasteiger partial charge in [-0.1, -0.05) is 18.2 Å². The summed E-state index contributed by atoms with van der Waals surface area (Å²) in [5, 5.41) is 9.01. The van der Waals surface area contributed by atoms with Crippen LogP contribution in [0.25, 0.3) is 0 Å². The van der Waals surface area contributed by atoms with Gasteiger partial charge in [0.15, 0.2) is 0 Å². The number of benzene rings is 1. The van der Waals surface area contributed by atoms with Crippen LogP contribution < -0.4 is 4.74 Å². The summed E-state index contributed by atoms with van der Waals surface area (Å²) in [4.78, 5) is 15.2. The van der Waals surface area contributed by atoms with E-state index in [0.717, 1.165) is 12.1 Å². The molecule has 1 aromatic carbocycles. The topological polar surface area (TPSA) is 68.7 Å². The number of carboxylic acids is 1. The van der Waals surface area contributed by atoms with Crippen LogP contribution in [0, 0.1) is 0 Å². The summed E-state index contributed by atoms with van der Waals surface area (Å²) in [5.74, 6) is -0.639. The maximum atomic E-state index is 11.0. The Morgan fingerprint density at radius 3 is 2.62 bits per heavy atom. The summed E-state index contributed by atoms with van der Waals surface area (Å²) in [6.45, 7) is 1.27. The Kier molecular flexibility index (Phi) is 5.72. The lowest BCUT2D eigenvalue weighted by Gasteiger charge is -2.09. The summed E-state index contributed by atoms with van der Waals surface area (Å²) >= 11 is 0. The Labute approximate surface area is 123 Å². The molecule has 21 heavy (non-hydrogen) atoms. The quantitative estimate of drug-likeness (QED) is 0.755. The number of para-hydroxylation sites is 1. The SMILES string of the molecule is O=C(O)c1ccccc1OCCOCCc1ccccn1. The van der Waals surface area contributed by atoms with E-state index in [1.807, 2.05) is 18.2 Å². The highest BCUT2D eigenvalue weighted by Crippen LogP contribution is 2.17. The number of aromatic carboxylic acids is 1. The molecule has 5 nitrogen and oxygen atoms in total. The predicted molar refractivity (Wildman–Crippen MR) is 77.7 cm³/mol. The Balaban J connectivity index is 1.67. The van der Waals surface area contributed by atoms with E-state index in [2.05, 4.69) is 4.98 Å². The van der Waals surface area contributed by atoms with Crippen LogP contribution >= 0.6 is 0 Å². The second kappa shape index (κ2) is 8.01. The Morgan fingerprint density at radius 2 is 1.86 bits per heavy atom. The fraction of sp³-hybridized carbons (Fsp3) is 0.250. The van der Waals surface area contributed by atoms with E-state index in [-0.39, 0.29) is 5.56 Å². The highest BCUT2D eigenvalue weighted by Gasteiger charge is 2.09. The van der Waals surface area contributed by atoms with Gasteiger partial charge in [-0.05, 0) is 24.3 Å². The molecule has 0 spiro atoms. The predicted octanol–water partition coefficient (Wildman–Crippen LogP) is 2.42. The zero-order valence-electron chi connectivity index (χ0n) is 11.6. The van der Waals surface area contributed by atoms with Crippen LogP contribution in [0.3, 0.4) is 0 Å². The van der Waals surface area contributed by atoms with Gasteiger partial charge >= 0.3 is 5.97 Å². The maximum Gasteiger partial charge on any atom is 0.339 e. The summed E-state index contributed by atoms with van der Waals surface area (Å²) in [5.41, 5.74) is 1.14. The van der Waals surface area contributed by atoms with Crippen molar-refractivity contribution < 1.29 is 19.4 Å². The number of carboxylic acid groups (broad SMARTS) is 1. The number of aromatic nitrogens is 1. The smallest absolute Gasteiger partial charge is 0.339 e. The zero-order valence-corrected chi connectivity index (χ0v) is 11.6. The number of pyridine rings is 1. The molecule has 0 saturated carbocycles. The molecule has 1 aromatic heterocycles. The largest absolute Gasteiger partial charge is 0.490 e. The van der Waals surface area contributed by atoms with Gasteiger partial charge in [-0.2, -0.15) is 0 Å². The molecule has 0 unspecified atom stereocenters. The fourth-order valence-corrected chi connectivity index (χ4v) is 1.80. The van der Waals surface area contributed by atoms with Crippen molar-refractivity contribution in [2.75, 3.05) is 19.8 Å². The monoisotopic (exact) mass is 287 g/mol. The Morgan fingerprint density at radius 1 is 1.05 bits per heavy atom. The van der Waals surface area contributed by atoms with E-state index in [1.165, 1.54) is 6.07 Å². The fourth-order valence-electron chi connectivity index (χ4n) is 1.80. The van der Waals surface area contributed by atoms with E-state index in [0.29, 0.717) is 25.6 Å². The molecule has 1 heterocycles. The van der Waals surface area contributed by atoms with Crippen LogP contribution in [0.1, 0.15) is 16.1 Å². The molecule has 0 aliphatic rings. The molecule has 2 aromatic rings. The van der Waals surface area contributed by atoms with Gasteiger partial charge in [-0.3, -0.25) is 4.98 Å². The molecule has 0 aliphatic carbocycles. The van der Waals surface area contributed by atoms with Gasteiger partial charge in [0.2, 0.25) is 0 Å². The average Bonchev–Trinajstić information content (AvgIpc) is 2.52. The van der Waals surface area contributed by atoms with Crippen molar-refractivity contribution in [1.82, 2.24) is 4.98 Å². The van der Waals surface area contributed by atoms with Gasteiger partial charge in [-0.25, -0.2) is 4.79 Å². The van der Waals surface area contributed by atoms with Crippen molar-refractivity contribution >= 4 is 5.97 Å². The first kappa shape index (κ1) is 15.0. The number of hydrogen-bond donors (Lipinski definition) is 1. The molecule has 1 N–H and O–H groups in total. The normalized spacial score (nSPS) is 10.3. The zero-order chi connectivity index (χ0) is 14.9. The van der Waals surface area contributed by atoms with Crippen molar-refractivity contribution in [3.63, 3.8) is 0 Å². The highest BCUT2D eigenvalue weighted by atomic mass is 16.5. The van der Waals surface area contributed by atoms with Crippen molar-refractivity contribution in [2.24, 2.45) is 0 Å². The van der Waals surface area contributed by atoms with Gasteiger partial charge in [0.25, 0.3) is 0 Å². The lowest BCUT2D eigenvalue weighted by atomic mass is 10.2. The molecule has 110 valence electrons. The summed E-state index contributed by atoms with van der Waals surface area (Å²) < 4.78 is 10.9. The van der Waals surface area contributed by atoms with Gasteiger partial charge < -0.3 is 14.6 Å². The molecule has 0 bridgehead atoms. The van der Waals surface area contributed by atoms with Gasteiger partial charge in [0, 0.05) is 18.3 Å². The number of hydrogen-bond acceptors (Lipinski definition) is 4. The minimum absolute atomic E-state index is 0.158. The molecule has 0 atom stereocenters. The molecular weight excluding hydrogens is 270 g/mol. The van der Waals surface area contributed by atoms with E-state index < -0.39 is 5.97 Å². The summed E-state index contributed by atoms with van der Waals surface area (Å²) in [6.07, 6.45) is 2.49. The lowest BCUT2D eigenvalue weighted by molar-refractivity contribution is 0.0685. The Bertz CT molecular complexity index is 571. The third-order valence-corrected chi connectivity index (χ3v) is 2.83. The first-order valence-electron chi connectivity index (χ1n) is 6.70. The third kappa shape index (κ3) is 4.89. The molecule has 0 saturated heterocycles. The first-order valence-corrected chi connectivity index (χ1v) is 6.70. The first-order chi connectivity index (χ1) is 10.3. The number of carbonyl (C=O) groups is 1. The molecule has 0 radical (unpaired) electrons. The van der Waals surface area contributed by atoms with E-state index in [4.69, 9.17) is 14.6 Å². The van der Waals surface area contributed by atoms with E-state index in [9.17, 15) is 4.79 Å². The van der Waals surface area contributed by atoms with Crippen molar-refractivity contribution in [3.05, 3.63) is 59.9 Å². The molecule has 2 rings (SSSR count). The number of ether oxygens (including phenoxy) is 2. The number of rotatable bonds is 8. The second-order valence-electron chi connectivity index (χ2n) is 4.33. The minimum Gasteiger partial charge on any atom is -0.490 e. The van der Waals surface area contributed by atoms with Gasteiger partial charge in [0.05, 0.1) is 13.2 Å².